The predicted octanol–water partition coefficient (Wildman–Crippen LogP) is 8.92. The van der Waals surface area contributed by atoms with Crippen molar-refractivity contribution in [2.75, 3.05) is 0 Å². The first-order valence-electron chi connectivity index (χ1n) is 23.4. The Bertz CT molecular complexity index is 1920. The molecule has 2 N–H and O–H groups in total. The summed E-state index contributed by atoms with van der Waals surface area (Å²) in [6.45, 7) is 15.2. The van der Waals surface area contributed by atoms with Crippen LogP contribution in [-0.2, 0) is 13.1 Å². The highest BCUT2D eigenvalue weighted by molar-refractivity contribution is 6.30. The van der Waals surface area contributed by atoms with Crippen molar-refractivity contribution in [1.82, 2.24) is 40.4 Å². The van der Waals surface area contributed by atoms with Gasteiger partial charge in [-0.15, -0.1) is 20.4 Å². The summed E-state index contributed by atoms with van der Waals surface area (Å²) in [5.74, 6) is 10.6. The molecule has 16 atom stereocenters. The number of allylic oxidation sites excluding steroid dienone is 2. The van der Waals surface area contributed by atoms with Crippen LogP contribution in [0.5, 0.6) is 0 Å². The van der Waals surface area contributed by atoms with Gasteiger partial charge >= 0.3 is 0 Å². The molecule has 13 heteroatoms. The molecule has 0 saturated heterocycles. The maximum absolute atomic E-state index is 13.4. The van der Waals surface area contributed by atoms with Gasteiger partial charge in [-0.2, -0.15) is 9.59 Å². The van der Waals surface area contributed by atoms with Gasteiger partial charge in [-0.3, -0.25) is 0 Å². The average Bonchev–Trinajstić information content (AvgIpc) is 4.05. The van der Waals surface area contributed by atoms with Gasteiger partial charge in [0.15, 0.2) is 12.7 Å². The molecule has 0 spiro atoms. The Morgan fingerprint density at radius 1 is 0.667 bits per heavy atom. The van der Waals surface area contributed by atoms with Crippen molar-refractivity contribution in [1.29, 1.82) is 0 Å². The highest BCUT2D eigenvalue weighted by Gasteiger charge is 2.60. The quantitative estimate of drug-likeness (QED) is 0.209. The molecule has 8 aliphatic carbocycles. The van der Waals surface area contributed by atoms with Crippen molar-refractivity contribution < 1.29 is 19.0 Å². The molecule has 8 fully saturated rings. The topological polar surface area (TPSA) is 128 Å². The van der Waals surface area contributed by atoms with Crippen LogP contribution in [0.2, 0.25) is 0 Å². The van der Waals surface area contributed by atoms with Crippen LogP contribution >= 0.6 is 11.6 Å². The summed E-state index contributed by atoms with van der Waals surface area (Å²) in [4.78, 5) is 3.30. The lowest BCUT2D eigenvalue weighted by molar-refractivity contribution is -0.159. The van der Waals surface area contributed by atoms with Gasteiger partial charge in [0.2, 0.25) is 0 Å². The number of fused-ring (bicyclic) bond motifs is 10. The Balaban J connectivity index is 0.000000154. The van der Waals surface area contributed by atoms with Crippen LogP contribution in [0.25, 0.3) is 0 Å². The van der Waals surface area contributed by atoms with E-state index < -0.39 is 17.6 Å². The maximum atomic E-state index is 13.4. The standard InChI is InChI=1S/C24H33ClN4O.C23H34F2N4O/c1-16(14-29-27-15-26-28-29)21-5-6-22-20-4-3-17-13-24(30,11-12-25)10-8-18(17)19(20)7-9-23(21,22)2;1-14(12-29-27-13-26-28-29)19-5-6-20-18-4-3-15-11-23(30,21(24)25)10-8-16(15)17(18)7-9-22(19,20)2/h15,17-22,30H,1,3-10,13-14H2,2H3;13,15-21,30H,1,3-12H2,2H3/t17-,18+,19-,20-,21-,22+,23-,24-;15-,16+,17-,18-,19-,20+,22-,23+/m11/s1. The Hall–Kier alpha value is -2.75. The maximum Gasteiger partial charge on any atom is 0.266 e. The van der Waals surface area contributed by atoms with Crippen molar-refractivity contribution >= 4 is 11.6 Å². The molecular formula is C47H67ClF2N8O2. The molecule has 10 nitrogen and oxygen atoms in total. The average molecular weight is 850 g/mol. The van der Waals surface area contributed by atoms with Crippen LogP contribution in [-0.4, -0.2) is 68.3 Å². The number of alkyl halides is 2. The van der Waals surface area contributed by atoms with E-state index in [-0.39, 0.29) is 17.8 Å². The Morgan fingerprint density at radius 3 is 1.62 bits per heavy atom. The monoisotopic (exact) mass is 849 g/mol. The zero-order chi connectivity index (χ0) is 42.0. The Kier molecular flexibility index (Phi) is 11.6. The number of aliphatic hydroxyl groups is 2. The second-order valence-corrected chi connectivity index (χ2v) is 21.8. The molecule has 2 heterocycles. The second-order valence-electron chi connectivity index (χ2n) is 21.6. The molecule has 0 radical (unpaired) electrons. The van der Waals surface area contributed by atoms with E-state index in [1.165, 1.54) is 88.0 Å². The van der Waals surface area contributed by atoms with Crippen molar-refractivity contribution in [3.63, 3.8) is 0 Å². The van der Waals surface area contributed by atoms with E-state index in [1.54, 1.807) is 9.59 Å². The van der Waals surface area contributed by atoms with Gasteiger partial charge < -0.3 is 10.2 Å². The number of rotatable bonds is 7. The fourth-order valence-corrected chi connectivity index (χ4v) is 16.8. The van der Waals surface area contributed by atoms with Crippen LogP contribution in [0.4, 0.5) is 8.78 Å². The summed E-state index contributed by atoms with van der Waals surface area (Å²) in [7, 11) is 0. The van der Waals surface area contributed by atoms with Gasteiger partial charge in [-0.1, -0.05) is 44.1 Å². The molecule has 0 bridgehead atoms. The molecule has 8 aliphatic rings. The molecule has 2 aromatic rings. The van der Waals surface area contributed by atoms with E-state index in [2.05, 4.69) is 69.1 Å². The number of aromatic nitrogens is 8. The van der Waals surface area contributed by atoms with Gasteiger partial charge in [0.05, 0.1) is 13.1 Å². The smallest absolute Gasteiger partial charge is 0.266 e. The first-order valence-corrected chi connectivity index (χ1v) is 23.8. The van der Waals surface area contributed by atoms with Crippen molar-refractivity contribution in [3.05, 3.63) is 37.0 Å². The Morgan fingerprint density at radius 2 is 1.15 bits per heavy atom. The largest absolute Gasteiger partial charge is 0.384 e. The van der Waals surface area contributed by atoms with Gasteiger partial charge in [0.25, 0.3) is 6.43 Å². The normalized spacial score (nSPS) is 45.3. The third-order valence-electron chi connectivity index (χ3n) is 19.2. The van der Waals surface area contributed by atoms with E-state index in [0.29, 0.717) is 66.4 Å². The summed E-state index contributed by atoms with van der Waals surface area (Å²) in [6.07, 6.45) is 19.0. The van der Waals surface area contributed by atoms with Crippen LogP contribution in [0.15, 0.2) is 37.0 Å². The van der Waals surface area contributed by atoms with E-state index in [9.17, 15) is 19.0 Å². The zero-order valence-corrected chi connectivity index (χ0v) is 36.6. The van der Waals surface area contributed by atoms with Crippen LogP contribution in [0.1, 0.15) is 129 Å². The molecular weight excluding hydrogens is 782 g/mol. The molecule has 0 aliphatic heterocycles. The molecule has 0 amide bonds. The molecule has 60 heavy (non-hydrogen) atoms. The number of hydrogen-bond donors (Lipinski definition) is 2. The molecule has 0 unspecified atom stereocenters. The SMILES string of the molecule is C=C(Cn1ncnn1)[C@H]1CC[C@H]2[C@@H]3CC[C@@H]4C[C@](O)(C#CCl)CC[C@@H]4[C@H]3CC[C@]12C.C=C(Cn1ncnn1)[C@H]1CC[C@H]2[C@@H]3CC[C@@H]4C[C@](O)(C(F)F)CC[C@@H]4[C@H]3CC[C@]12C. The van der Waals surface area contributed by atoms with Crippen LogP contribution < -0.4 is 0 Å². The molecule has 328 valence electrons. The van der Waals surface area contributed by atoms with Crippen molar-refractivity contribution in [2.45, 2.75) is 160 Å². The highest BCUT2D eigenvalue weighted by Crippen LogP contribution is 2.67. The zero-order valence-electron chi connectivity index (χ0n) is 35.8. The predicted molar refractivity (Wildman–Crippen MR) is 225 cm³/mol. The summed E-state index contributed by atoms with van der Waals surface area (Å²) < 4.78 is 26.8. The van der Waals surface area contributed by atoms with Gasteiger partial charge in [0.1, 0.15) is 11.2 Å². The van der Waals surface area contributed by atoms with E-state index in [4.69, 9.17) is 11.6 Å². The van der Waals surface area contributed by atoms with E-state index in [1.807, 2.05) is 0 Å². The summed E-state index contributed by atoms with van der Waals surface area (Å²) in [5.41, 5.74) is 0.500. The van der Waals surface area contributed by atoms with Gasteiger partial charge in [-0.05, 0) is 219 Å². The van der Waals surface area contributed by atoms with Crippen molar-refractivity contribution in [3.8, 4) is 11.3 Å². The van der Waals surface area contributed by atoms with Gasteiger partial charge in [-0.25, -0.2) is 8.78 Å². The lowest BCUT2D eigenvalue weighted by Gasteiger charge is -2.57. The number of hydrogen-bond acceptors (Lipinski definition) is 8. The fraction of sp³-hybridized carbons (Fsp3) is 0.830. The minimum atomic E-state index is -2.62. The number of halogens is 3. The molecule has 8 saturated carbocycles. The van der Waals surface area contributed by atoms with Crippen LogP contribution in [0, 0.1) is 93.1 Å². The lowest BCUT2D eigenvalue weighted by atomic mass is 9.48. The Labute approximate surface area is 360 Å². The van der Waals surface area contributed by atoms with Gasteiger partial charge in [0, 0.05) is 5.38 Å². The fourth-order valence-electron chi connectivity index (χ4n) is 16.6. The highest BCUT2D eigenvalue weighted by atomic mass is 35.5. The first-order chi connectivity index (χ1) is 28.7. The summed E-state index contributed by atoms with van der Waals surface area (Å²) in [5, 5.41) is 47.7. The van der Waals surface area contributed by atoms with E-state index >= 15 is 0 Å². The van der Waals surface area contributed by atoms with E-state index in [0.717, 1.165) is 62.2 Å². The number of tetrazole rings is 2. The van der Waals surface area contributed by atoms with Crippen LogP contribution in [0.3, 0.4) is 0 Å². The second kappa shape index (κ2) is 16.4. The minimum absolute atomic E-state index is 0.265. The third kappa shape index (κ3) is 7.50. The number of nitrogens with zero attached hydrogens (tertiary/aromatic N) is 8. The summed E-state index contributed by atoms with van der Waals surface area (Å²) >= 11 is 5.63. The molecule has 10 rings (SSSR count). The first kappa shape index (κ1) is 42.5. The summed E-state index contributed by atoms with van der Waals surface area (Å²) in [6, 6.07) is 0. The van der Waals surface area contributed by atoms with Crippen molar-refractivity contribution in [2.24, 2.45) is 81.8 Å². The third-order valence-corrected chi connectivity index (χ3v) is 19.3. The molecule has 2 aromatic heterocycles. The lowest BCUT2D eigenvalue weighted by Crippen LogP contribution is -2.52. The molecule has 0 aromatic carbocycles. The minimum Gasteiger partial charge on any atom is -0.384 e.